The number of carbonyl (C=O) groups excluding carboxylic acids is 1. The fraction of sp³-hybridized carbons (Fsp3) is 0.344. The van der Waals surface area contributed by atoms with Gasteiger partial charge < -0.3 is 42.6 Å². The highest BCUT2D eigenvalue weighted by molar-refractivity contribution is 5.79. The third kappa shape index (κ3) is 4.40. The van der Waals surface area contributed by atoms with Crippen molar-refractivity contribution >= 4 is 5.97 Å². The summed E-state index contributed by atoms with van der Waals surface area (Å²) in [5, 5.41) is 8.91. The summed E-state index contributed by atoms with van der Waals surface area (Å²) in [7, 11) is 4.68. The van der Waals surface area contributed by atoms with Crippen molar-refractivity contribution in [2.24, 2.45) is 11.8 Å². The molecule has 232 valence electrons. The van der Waals surface area contributed by atoms with Gasteiger partial charge in [0.25, 0.3) is 0 Å². The van der Waals surface area contributed by atoms with Crippen LogP contribution in [0.1, 0.15) is 34.3 Å². The highest BCUT2D eigenvalue weighted by Crippen LogP contribution is 2.56. The molecule has 13 nitrogen and oxygen atoms in total. The Balaban J connectivity index is 1.19. The second-order valence-electron chi connectivity index (χ2n) is 11.0. The molecule has 1 aliphatic carbocycles. The molecule has 3 aromatic carbocycles. The first kappa shape index (κ1) is 27.2. The smallest absolute Gasteiger partial charge is 0.310 e. The Bertz CT molecular complexity index is 1780. The van der Waals surface area contributed by atoms with Crippen LogP contribution in [0.3, 0.4) is 0 Å². The van der Waals surface area contributed by atoms with E-state index in [1.54, 1.807) is 38.1 Å². The molecular weight excluding hydrogens is 586 g/mol. The Hall–Kier alpha value is -5.33. The normalized spacial score (nSPS) is 22.0. The topological polar surface area (TPSA) is 131 Å². The Labute approximate surface area is 257 Å². The van der Waals surface area contributed by atoms with E-state index in [9.17, 15) is 4.79 Å². The second kappa shape index (κ2) is 10.7. The molecule has 0 N–H and O–H groups in total. The van der Waals surface area contributed by atoms with Crippen molar-refractivity contribution < 1.29 is 47.4 Å². The lowest BCUT2D eigenvalue weighted by molar-refractivity contribution is -0.141. The number of methoxy groups -OCH3 is 3. The first-order chi connectivity index (χ1) is 22.1. The number of carbonyl (C=O) groups is 1. The highest BCUT2D eigenvalue weighted by Gasteiger charge is 2.53. The average molecular weight is 616 g/mol. The van der Waals surface area contributed by atoms with Crippen LogP contribution in [0.15, 0.2) is 48.7 Å². The largest absolute Gasteiger partial charge is 0.493 e. The van der Waals surface area contributed by atoms with Crippen molar-refractivity contribution in [2.75, 3.05) is 41.5 Å². The van der Waals surface area contributed by atoms with Crippen LogP contribution in [-0.4, -0.2) is 62.5 Å². The van der Waals surface area contributed by atoms with Crippen LogP contribution in [0.5, 0.6) is 46.0 Å². The maximum absolute atomic E-state index is 13.5. The van der Waals surface area contributed by atoms with Gasteiger partial charge in [-0.1, -0.05) is 5.21 Å². The number of rotatable bonds is 8. The SMILES string of the molecule is COc1cc([C@@H]2c3cc4c(cc3[C@H](n3cc(COc5ccc6c(c5)OCO6)nn3)[C@H]3COC(=O)[C@H]23)OCO4)cc(OC)c1OC. The average Bonchev–Trinajstić information content (AvgIpc) is 3.88. The van der Waals surface area contributed by atoms with Gasteiger partial charge in [0, 0.05) is 17.9 Å². The molecule has 0 amide bonds. The summed E-state index contributed by atoms with van der Waals surface area (Å²) < 4.78 is 52.8. The summed E-state index contributed by atoms with van der Waals surface area (Å²) >= 11 is 0. The Morgan fingerprint density at radius 3 is 2.22 bits per heavy atom. The first-order valence-corrected chi connectivity index (χ1v) is 14.4. The maximum Gasteiger partial charge on any atom is 0.310 e. The minimum absolute atomic E-state index is 0.108. The summed E-state index contributed by atoms with van der Waals surface area (Å²) in [4.78, 5) is 13.5. The van der Waals surface area contributed by atoms with Crippen molar-refractivity contribution in [3.05, 3.63) is 71.0 Å². The van der Waals surface area contributed by atoms with Gasteiger partial charge in [0.05, 0.1) is 46.1 Å². The van der Waals surface area contributed by atoms with Gasteiger partial charge in [0.2, 0.25) is 19.3 Å². The molecule has 0 saturated carbocycles. The van der Waals surface area contributed by atoms with Crippen molar-refractivity contribution in [2.45, 2.75) is 18.6 Å². The molecule has 0 spiro atoms. The highest BCUT2D eigenvalue weighted by atomic mass is 16.7. The van der Waals surface area contributed by atoms with E-state index in [0.717, 1.165) is 16.7 Å². The molecule has 4 aliphatic rings. The van der Waals surface area contributed by atoms with E-state index in [-0.39, 0.29) is 44.7 Å². The van der Waals surface area contributed by atoms with Crippen LogP contribution in [0.4, 0.5) is 0 Å². The molecule has 0 radical (unpaired) electrons. The minimum Gasteiger partial charge on any atom is -0.493 e. The van der Waals surface area contributed by atoms with Gasteiger partial charge in [-0.25, -0.2) is 4.68 Å². The van der Waals surface area contributed by atoms with Gasteiger partial charge in [-0.2, -0.15) is 0 Å². The maximum atomic E-state index is 13.5. The summed E-state index contributed by atoms with van der Waals surface area (Å²) in [5.41, 5.74) is 3.23. The summed E-state index contributed by atoms with van der Waals surface area (Å²) in [6.45, 7) is 0.687. The molecule has 4 aromatic rings. The van der Waals surface area contributed by atoms with Crippen LogP contribution in [0.2, 0.25) is 0 Å². The lowest BCUT2D eigenvalue weighted by Gasteiger charge is -2.39. The molecule has 13 heteroatoms. The van der Waals surface area contributed by atoms with Crippen LogP contribution in [0.25, 0.3) is 0 Å². The van der Waals surface area contributed by atoms with Gasteiger partial charge in [0.1, 0.15) is 18.1 Å². The third-order valence-corrected chi connectivity index (χ3v) is 8.77. The molecule has 3 aliphatic heterocycles. The number of hydrogen-bond acceptors (Lipinski definition) is 12. The van der Waals surface area contributed by atoms with E-state index in [4.69, 9.17) is 42.6 Å². The van der Waals surface area contributed by atoms with E-state index in [2.05, 4.69) is 10.3 Å². The Morgan fingerprint density at radius 1 is 0.822 bits per heavy atom. The van der Waals surface area contributed by atoms with Crippen molar-refractivity contribution in [1.82, 2.24) is 15.0 Å². The standard InChI is InChI=1S/C32H29N3O10/c1-37-26-6-16(7-27(38-2)31(26)39-3)28-19-9-24-25(45-15-44-24)10-20(19)30(21-13-41-32(36)29(21)28)35-11-17(33-34-35)12-40-18-4-5-22-23(8-18)43-14-42-22/h4-11,21,28-30H,12-15H2,1-3H3/t21-,28+,29-,30-/m0/s1. The van der Waals surface area contributed by atoms with Gasteiger partial charge >= 0.3 is 5.97 Å². The van der Waals surface area contributed by atoms with Crippen LogP contribution >= 0.6 is 0 Å². The number of benzene rings is 3. The number of fused-ring (bicyclic) bond motifs is 4. The van der Waals surface area contributed by atoms with Gasteiger partial charge in [-0.15, -0.1) is 5.10 Å². The molecule has 1 saturated heterocycles. The Kier molecular flexibility index (Phi) is 6.47. The zero-order chi connectivity index (χ0) is 30.7. The van der Waals surface area contributed by atoms with E-state index < -0.39 is 11.8 Å². The Morgan fingerprint density at radius 2 is 1.51 bits per heavy atom. The summed E-state index contributed by atoms with van der Waals surface area (Å²) in [6, 6.07) is 12.7. The van der Waals surface area contributed by atoms with Gasteiger partial charge in [-0.05, 0) is 53.1 Å². The van der Waals surface area contributed by atoms with Gasteiger partial charge in [0.15, 0.2) is 34.5 Å². The number of nitrogens with zero attached hydrogens (tertiary/aromatic N) is 3. The van der Waals surface area contributed by atoms with E-state index >= 15 is 0 Å². The molecule has 0 unspecified atom stereocenters. The minimum atomic E-state index is -0.539. The van der Waals surface area contributed by atoms with E-state index in [1.807, 2.05) is 36.5 Å². The molecule has 45 heavy (non-hydrogen) atoms. The summed E-state index contributed by atoms with van der Waals surface area (Å²) in [5.74, 6) is 3.09. The van der Waals surface area contributed by atoms with Crippen molar-refractivity contribution in [3.63, 3.8) is 0 Å². The second-order valence-corrected chi connectivity index (χ2v) is 11.0. The molecule has 4 heterocycles. The predicted octanol–water partition coefficient (Wildman–Crippen LogP) is 3.86. The number of hydrogen-bond donors (Lipinski definition) is 0. The van der Waals surface area contributed by atoms with E-state index in [1.165, 1.54) is 0 Å². The molecule has 0 bridgehead atoms. The third-order valence-electron chi connectivity index (χ3n) is 8.77. The number of esters is 1. The van der Waals surface area contributed by atoms with Crippen LogP contribution in [0, 0.1) is 11.8 Å². The lowest BCUT2D eigenvalue weighted by atomic mass is 9.65. The van der Waals surface area contributed by atoms with Crippen molar-refractivity contribution in [1.29, 1.82) is 0 Å². The molecular formula is C32H29N3O10. The molecule has 1 fully saturated rings. The molecule has 8 rings (SSSR count). The zero-order valence-electron chi connectivity index (χ0n) is 24.7. The first-order valence-electron chi connectivity index (χ1n) is 14.4. The fourth-order valence-electron chi connectivity index (χ4n) is 6.79. The zero-order valence-corrected chi connectivity index (χ0v) is 24.7. The number of ether oxygens (including phenoxy) is 9. The fourth-order valence-corrected chi connectivity index (χ4v) is 6.79. The van der Waals surface area contributed by atoms with Crippen molar-refractivity contribution in [3.8, 4) is 46.0 Å². The molecule has 4 atom stereocenters. The van der Waals surface area contributed by atoms with Crippen LogP contribution in [-0.2, 0) is 16.1 Å². The number of aromatic nitrogens is 3. The monoisotopic (exact) mass is 615 g/mol. The van der Waals surface area contributed by atoms with E-state index in [0.29, 0.717) is 51.7 Å². The lowest BCUT2D eigenvalue weighted by Crippen LogP contribution is -2.37. The predicted molar refractivity (Wildman–Crippen MR) is 154 cm³/mol. The van der Waals surface area contributed by atoms with Gasteiger partial charge in [-0.3, -0.25) is 4.79 Å². The van der Waals surface area contributed by atoms with Crippen LogP contribution < -0.4 is 37.9 Å². The molecule has 1 aromatic heterocycles. The number of cyclic esters (lactones) is 1. The summed E-state index contributed by atoms with van der Waals surface area (Å²) in [6.07, 6.45) is 1.84. The quantitative estimate of drug-likeness (QED) is 0.267.